The lowest BCUT2D eigenvalue weighted by molar-refractivity contribution is 0.674. The first-order chi connectivity index (χ1) is 32.7. The molecule has 9 aromatic carbocycles. The number of aromatic nitrogens is 3. The fourth-order valence-corrected chi connectivity index (χ4v) is 8.43. The minimum atomic E-state index is -0.335. The van der Waals surface area contributed by atoms with Crippen molar-refractivity contribution < 1.29 is 0 Å². The van der Waals surface area contributed by atoms with Crippen molar-refractivity contribution in [1.29, 1.82) is 0 Å². The highest BCUT2D eigenvalue weighted by Gasteiger charge is 2.23. The molecule has 6 nitrogen and oxygen atoms in total. The number of nitrogens with one attached hydrogen (secondary N) is 1. The van der Waals surface area contributed by atoms with Crippen LogP contribution in [0.3, 0.4) is 0 Å². The maximum atomic E-state index is 5.28. The molecule has 2 heterocycles. The number of rotatable bonds is 10. The average molecular weight is 847 g/mol. The van der Waals surface area contributed by atoms with Crippen LogP contribution >= 0.6 is 0 Å². The SMILES string of the molecule is c1ccc(-c2ccc(-c3ccccc3C3=NC(c4cccc(-c5cccc(-c6cccc(-c7nc(-c8ccccc8)nc(-c8ccccc8)n7)c6)c5)c4)=NC(c4ccccc4)N3)cc2)cc1. The van der Waals surface area contributed by atoms with Gasteiger partial charge < -0.3 is 5.32 Å². The van der Waals surface area contributed by atoms with Crippen LogP contribution in [0.4, 0.5) is 0 Å². The van der Waals surface area contributed by atoms with E-state index in [9.17, 15) is 0 Å². The van der Waals surface area contributed by atoms with E-state index in [0.29, 0.717) is 23.3 Å². The third kappa shape index (κ3) is 8.47. The van der Waals surface area contributed by atoms with Gasteiger partial charge in [0.15, 0.2) is 23.3 Å². The van der Waals surface area contributed by atoms with Crippen molar-refractivity contribution >= 4 is 11.7 Å². The lowest BCUT2D eigenvalue weighted by atomic mass is 9.95. The first kappa shape index (κ1) is 39.9. The van der Waals surface area contributed by atoms with Crippen molar-refractivity contribution in [3.63, 3.8) is 0 Å². The molecule has 1 N–H and O–H groups in total. The van der Waals surface area contributed by atoms with E-state index in [-0.39, 0.29) is 6.17 Å². The quantitative estimate of drug-likeness (QED) is 0.149. The topological polar surface area (TPSA) is 75.4 Å². The second-order valence-corrected chi connectivity index (χ2v) is 16.1. The van der Waals surface area contributed by atoms with Gasteiger partial charge in [0.1, 0.15) is 12.0 Å². The van der Waals surface area contributed by atoms with E-state index in [1.165, 1.54) is 11.1 Å². The van der Waals surface area contributed by atoms with Crippen molar-refractivity contribution in [3.05, 3.63) is 259 Å². The molecule has 0 amide bonds. The van der Waals surface area contributed by atoms with E-state index < -0.39 is 0 Å². The number of aliphatic imine (C=N–C) groups is 2. The summed E-state index contributed by atoms with van der Waals surface area (Å²) >= 11 is 0. The van der Waals surface area contributed by atoms with Gasteiger partial charge in [-0.3, -0.25) is 0 Å². The Hall–Kier alpha value is -8.87. The molecule has 1 aromatic heterocycles. The van der Waals surface area contributed by atoms with Crippen molar-refractivity contribution in [2.24, 2.45) is 9.98 Å². The lowest BCUT2D eigenvalue weighted by Crippen LogP contribution is -2.34. The van der Waals surface area contributed by atoms with Crippen LogP contribution in [0.5, 0.6) is 0 Å². The number of hydrogen-bond acceptors (Lipinski definition) is 6. The van der Waals surface area contributed by atoms with Gasteiger partial charge in [-0.2, -0.15) is 0 Å². The summed E-state index contributed by atoms with van der Waals surface area (Å²) < 4.78 is 0. The summed E-state index contributed by atoms with van der Waals surface area (Å²) in [5, 5.41) is 3.69. The molecular weight excluding hydrogens is 805 g/mol. The molecule has 0 saturated heterocycles. The number of amidine groups is 2. The van der Waals surface area contributed by atoms with E-state index >= 15 is 0 Å². The van der Waals surface area contributed by atoms with Gasteiger partial charge in [0.2, 0.25) is 0 Å². The van der Waals surface area contributed by atoms with Crippen LogP contribution < -0.4 is 5.32 Å². The van der Waals surface area contributed by atoms with Gasteiger partial charge in [0.05, 0.1) is 0 Å². The largest absolute Gasteiger partial charge is 0.344 e. The maximum absolute atomic E-state index is 5.28. The van der Waals surface area contributed by atoms with Gasteiger partial charge >= 0.3 is 0 Å². The summed E-state index contributed by atoms with van der Waals surface area (Å²) in [5.41, 5.74) is 14.7. The fourth-order valence-electron chi connectivity index (χ4n) is 8.43. The predicted molar refractivity (Wildman–Crippen MR) is 270 cm³/mol. The van der Waals surface area contributed by atoms with Crippen LogP contribution in [0.25, 0.3) is 78.7 Å². The summed E-state index contributed by atoms with van der Waals surface area (Å²) in [4.78, 5) is 25.4. The summed E-state index contributed by atoms with van der Waals surface area (Å²) in [5.74, 6) is 3.33. The highest BCUT2D eigenvalue weighted by Crippen LogP contribution is 2.33. The smallest absolute Gasteiger partial charge is 0.164 e. The molecule has 0 saturated carbocycles. The van der Waals surface area contributed by atoms with Crippen LogP contribution in [0.1, 0.15) is 22.9 Å². The Morgan fingerprint density at radius 3 is 1.23 bits per heavy atom. The highest BCUT2D eigenvalue weighted by molar-refractivity contribution is 6.15. The van der Waals surface area contributed by atoms with Gasteiger partial charge in [-0.15, -0.1) is 0 Å². The van der Waals surface area contributed by atoms with Crippen LogP contribution in [-0.2, 0) is 0 Å². The zero-order valence-corrected chi connectivity index (χ0v) is 35.9. The summed E-state index contributed by atoms with van der Waals surface area (Å²) in [7, 11) is 0. The van der Waals surface area contributed by atoms with Gasteiger partial charge in [0, 0.05) is 27.8 Å². The van der Waals surface area contributed by atoms with E-state index in [1.54, 1.807) is 0 Å². The van der Waals surface area contributed by atoms with Crippen molar-refractivity contribution in [2.75, 3.05) is 0 Å². The molecular formula is C60H42N6. The van der Waals surface area contributed by atoms with Crippen molar-refractivity contribution in [3.8, 4) is 78.7 Å². The van der Waals surface area contributed by atoms with Crippen LogP contribution in [0, 0.1) is 0 Å². The highest BCUT2D eigenvalue weighted by atomic mass is 15.2. The van der Waals surface area contributed by atoms with Gasteiger partial charge in [0.25, 0.3) is 0 Å². The number of nitrogens with zero attached hydrogens (tertiary/aromatic N) is 5. The average Bonchev–Trinajstić information content (AvgIpc) is 3.42. The lowest BCUT2D eigenvalue weighted by Gasteiger charge is -2.25. The van der Waals surface area contributed by atoms with Gasteiger partial charge in [-0.25, -0.2) is 24.9 Å². The monoisotopic (exact) mass is 846 g/mol. The maximum Gasteiger partial charge on any atom is 0.164 e. The minimum Gasteiger partial charge on any atom is -0.344 e. The van der Waals surface area contributed by atoms with E-state index in [1.807, 2.05) is 72.8 Å². The summed E-state index contributed by atoms with van der Waals surface area (Å²) in [6.07, 6.45) is -0.335. The summed E-state index contributed by atoms with van der Waals surface area (Å²) in [6, 6.07) is 83.8. The Bertz CT molecular complexity index is 3310. The number of benzene rings is 9. The van der Waals surface area contributed by atoms with Crippen LogP contribution in [-0.4, -0.2) is 26.6 Å². The molecule has 11 rings (SSSR count). The Kier molecular flexibility index (Phi) is 10.9. The van der Waals surface area contributed by atoms with Crippen LogP contribution in [0.15, 0.2) is 253 Å². The van der Waals surface area contributed by atoms with Crippen molar-refractivity contribution in [2.45, 2.75) is 6.17 Å². The molecule has 1 unspecified atom stereocenters. The Labute approximate surface area is 384 Å². The molecule has 0 spiro atoms. The van der Waals surface area contributed by atoms with E-state index in [4.69, 9.17) is 24.9 Å². The first-order valence-corrected chi connectivity index (χ1v) is 22.1. The molecule has 1 aliphatic heterocycles. The molecule has 0 aliphatic carbocycles. The fraction of sp³-hybridized carbons (Fsp3) is 0.0167. The molecule has 6 heteroatoms. The Morgan fingerprint density at radius 2 is 0.667 bits per heavy atom. The molecule has 0 fully saturated rings. The first-order valence-electron chi connectivity index (χ1n) is 22.1. The van der Waals surface area contributed by atoms with Crippen LogP contribution in [0.2, 0.25) is 0 Å². The zero-order valence-electron chi connectivity index (χ0n) is 35.9. The minimum absolute atomic E-state index is 0.335. The predicted octanol–water partition coefficient (Wildman–Crippen LogP) is 14.0. The normalized spacial score (nSPS) is 13.3. The zero-order chi connectivity index (χ0) is 44.1. The number of hydrogen-bond donors (Lipinski definition) is 1. The Morgan fingerprint density at radius 1 is 0.288 bits per heavy atom. The second-order valence-electron chi connectivity index (χ2n) is 16.1. The van der Waals surface area contributed by atoms with Gasteiger partial charge in [-0.05, 0) is 68.3 Å². The molecule has 1 aliphatic rings. The molecule has 66 heavy (non-hydrogen) atoms. The third-order valence-electron chi connectivity index (χ3n) is 11.8. The molecule has 0 radical (unpaired) electrons. The molecule has 1 atom stereocenters. The third-order valence-corrected chi connectivity index (χ3v) is 11.8. The van der Waals surface area contributed by atoms with Gasteiger partial charge in [-0.1, -0.05) is 224 Å². The van der Waals surface area contributed by atoms with E-state index in [2.05, 4.69) is 175 Å². The van der Waals surface area contributed by atoms with E-state index in [0.717, 1.165) is 72.6 Å². The second kappa shape index (κ2) is 18.1. The Balaban J connectivity index is 0.931. The standard InChI is InChI=1S/C60H42N6/c1-5-18-41(19-6-1)42-34-36-43(37-35-42)53-32-13-14-33-54(53)60-65-57(46-24-11-4-12-25-46)64-59(66-60)52-31-17-29-50(40-52)48-27-15-26-47(38-48)49-28-16-30-51(39-49)58-62-55(44-20-7-2-8-21-44)61-56(63-58)45-22-9-3-10-23-45/h1-40,57H,(H,64,65,66). The van der Waals surface area contributed by atoms with Crippen molar-refractivity contribution in [1.82, 2.24) is 20.3 Å². The molecule has 0 bridgehead atoms. The molecule has 312 valence electrons. The summed E-state index contributed by atoms with van der Waals surface area (Å²) in [6.45, 7) is 0. The molecule has 10 aromatic rings.